The third-order valence-electron chi connectivity index (χ3n) is 3.88. The van der Waals surface area contributed by atoms with E-state index in [9.17, 15) is 4.79 Å². The van der Waals surface area contributed by atoms with E-state index in [4.69, 9.17) is 13.3 Å². The molecule has 0 bridgehead atoms. The lowest BCUT2D eigenvalue weighted by Crippen LogP contribution is -2.43. The highest BCUT2D eigenvalue weighted by molar-refractivity contribution is 6.60. The maximum atomic E-state index is 11.1. The van der Waals surface area contributed by atoms with Gasteiger partial charge in [-0.25, -0.2) is 0 Å². The van der Waals surface area contributed by atoms with Gasteiger partial charge in [0.15, 0.2) is 0 Å². The molecule has 1 rings (SSSR count). The molecule has 1 aliphatic rings. The average Bonchev–Trinajstić information content (AvgIpc) is 2.97. The molecule has 21 heavy (non-hydrogen) atoms. The number of methoxy groups -OCH3 is 1. The van der Waals surface area contributed by atoms with E-state index >= 15 is 0 Å². The predicted molar refractivity (Wildman–Crippen MR) is 80.9 cm³/mol. The summed E-state index contributed by atoms with van der Waals surface area (Å²) in [6.07, 6.45) is 1.43. The first-order valence-corrected chi connectivity index (χ1v) is 9.19. The van der Waals surface area contributed by atoms with Crippen molar-refractivity contribution in [2.24, 2.45) is 0 Å². The van der Waals surface area contributed by atoms with Crippen LogP contribution in [-0.2, 0) is 22.8 Å². The van der Waals surface area contributed by atoms with Crippen molar-refractivity contribution in [3.63, 3.8) is 0 Å². The maximum Gasteiger partial charge on any atom is 0.500 e. The minimum Gasteiger partial charge on any atom is -0.469 e. The van der Waals surface area contributed by atoms with Gasteiger partial charge in [-0.05, 0) is 13.0 Å². The molecule has 1 fully saturated rings. The molecule has 124 valence electrons. The summed E-state index contributed by atoms with van der Waals surface area (Å²) in [6, 6.07) is 0.815. The second kappa shape index (κ2) is 9.49. The number of hydrogen-bond donors (Lipinski definition) is 0. The van der Waals surface area contributed by atoms with Crippen molar-refractivity contribution in [3.8, 4) is 0 Å². The van der Waals surface area contributed by atoms with E-state index in [0.29, 0.717) is 6.42 Å². The molecular formula is C13H28N2O5Si. The number of rotatable bonds is 10. The fourth-order valence-corrected chi connectivity index (χ4v) is 4.20. The van der Waals surface area contributed by atoms with Crippen molar-refractivity contribution in [3.05, 3.63) is 0 Å². The Bertz CT molecular complexity index is 307. The van der Waals surface area contributed by atoms with E-state index < -0.39 is 8.80 Å². The van der Waals surface area contributed by atoms with E-state index in [1.165, 1.54) is 7.11 Å². The van der Waals surface area contributed by atoms with Crippen LogP contribution in [-0.4, -0.2) is 85.9 Å². The zero-order chi connectivity index (χ0) is 15.7. The average molecular weight is 320 g/mol. The SMILES string of the molecule is COC(=O)CCN1CCN(CCC[Si](OC)(OC)OC)C1. The Hall–Kier alpha value is -0.513. The zero-order valence-corrected chi connectivity index (χ0v) is 14.6. The molecule has 1 aliphatic heterocycles. The summed E-state index contributed by atoms with van der Waals surface area (Å²) in [4.78, 5) is 15.8. The highest BCUT2D eigenvalue weighted by atomic mass is 28.4. The van der Waals surface area contributed by atoms with Gasteiger partial charge in [-0.3, -0.25) is 14.6 Å². The zero-order valence-electron chi connectivity index (χ0n) is 13.6. The van der Waals surface area contributed by atoms with Crippen LogP contribution in [0.15, 0.2) is 0 Å². The Kier molecular flexibility index (Phi) is 8.38. The normalized spacial score (nSPS) is 17.3. The standard InChI is InChI=1S/C13H28N2O5Si/c1-17-13(16)6-8-15-10-9-14(12-15)7-5-11-21(18-2,19-3)20-4/h5-12H2,1-4H3. The fourth-order valence-electron chi connectivity index (χ4n) is 2.50. The van der Waals surface area contributed by atoms with Crippen LogP contribution < -0.4 is 0 Å². The topological polar surface area (TPSA) is 60.5 Å². The van der Waals surface area contributed by atoms with Gasteiger partial charge >= 0.3 is 14.8 Å². The van der Waals surface area contributed by atoms with Gasteiger partial charge in [0.05, 0.1) is 20.2 Å². The Labute approximate surface area is 128 Å². The lowest BCUT2D eigenvalue weighted by molar-refractivity contribution is -0.140. The molecule has 0 unspecified atom stereocenters. The molecule has 0 amide bonds. The summed E-state index contributed by atoms with van der Waals surface area (Å²) in [5.41, 5.74) is 0. The lowest BCUT2D eigenvalue weighted by Gasteiger charge is -2.25. The van der Waals surface area contributed by atoms with Gasteiger partial charge in [-0.1, -0.05) is 0 Å². The second-order valence-electron chi connectivity index (χ2n) is 5.10. The predicted octanol–water partition coefficient (Wildman–Crippen LogP) is 0.393. The smallest absolute Gasteiger partial charge is 0.469 e. The van der Waals surface area contributed by atoms with Crippen LogP contribution in [0.4, 0.5) is 0 Å². The van der Waals surface area contributed by atoms with E-state index in [2.05, 4.69) is 14.5 Å². The number of carbonyl (C=O) groups excluding carboxylic acids is 1. The molecule has 0 aromatic carbocycles. The minimum absolute atomic E-state index is 0.149. The first kappa shape index (κ1) is 18.5. The number of nitrogens with zero attached hydrogens (tertiary/aromatic N) is 2. The molecular weight excluding hydrogens is 292 g/mol. The van der Waals surface area contributed by atoms with E-state index in [1.54, 1.807) is 21.3 Å². The summed E-state index contributed by atoms with van der Waals surface area (Å²) in [6.45, 7) is 4.68. The third-order valence-corrected chi connectivity index (χ3v) is 6.71. The number of carbonyl (C=O) groups is 1. The fraction of sp³-hybridized carbons (Fsp3) is 0.923. The quantitative estimate of drug-likeness (QED) is 0.426. The first-order chi connectivity index (χ1) is 10.1. The summed E-state index contributed by atoms with van der Waals surface area (Å²) in [7, 11) is 3.91. The number of esters is 1. The van der Waals surface area contributed by atoms with Crippen LogP contribution in [0.3, 0.4) is 0 Å². The van der Waals surface area contributed by atoms with Gasteiger partial charge < -0.3 is 18.0 Å². The van der Waals surface area contributed by atoms with Crippen LogP contribution in [0, 0.1) is 0 Å². The van der Waals surface area contributed by atoms with Gasteiger partial charge in [-0.15, -0.1) is 0 Å². The molecule has 0 aromatic heterocycles. The minimum atomic E-state index is -2.44. The highest BCUT2D eigenvalue weighted by Crippen LogP contribution is 2.16. The molecule has 8 heteroatoms. The van der Waals surface area contributed by atoms with Crippen molar-refractivity contribution in [1.29, 1.82) is 0 Å². The molecule has 1 saturated heterocycles. The highest BCUT2D eigenvalue weighted by Gasteiger charge is 2.37. The van der Waals surface area contributed by atoms with Gasteiger partial charge in [0.25, 0.3) is 0 Å². The monoisotopic (exact) mass is 320 g/mol. The van der Waals surface area contributed by atoms with Crippen molar-refractivity contribution >= 4 is 14.8 Å². The maximum absolute atomic E-state index is 11.1. The molecule has 0 aromatic rings. The first-order valence-electron chi connectivity index (χ1n) is 7.26. The summed E-state index contributed by atoms with van der Waals surface area (Å²) in [5.74, 6) is -0.149. The van der Waals surface area contributed by atoms with Gasteiger partial charge in [0.2, 0.25) is 0 Å². The van der Waals surface area contributed by atoms with E-state index in [-0.39, 0.29) is 5.97 Å². The Morgan fingerprint density at radius 1 is 1.00 bits per heavy atom. The van der Waals surface area contributed by atoms with Gasteiger partial charge in [-0.2, -0.15) is 0 Å². The van der Waals surface area contributed by atoms with Crippen molar-refractivity contribution in [2.75, 3.05) is 61.3 Å². The van der Waals surface area contributed by atoms with Crippen molar-refractivity contribution in [1.82, 2.24) is 9.80 Å². The summed E-state index contributed by atoms with van der Waals surface area (Å²) < 4.78 is 20.9. The Balaban J connectivity index is 2.21. The van der Waals surface area contributed by atoms with E-state index in [1.807, 2.05) is 0 Å². The third kappa shape index (κ3) is 6.01. The molecule has 1 heterocycles. The van der Waals surface area contributed by atoms with Gasteiger partial charge in [0.1, 0.15) is 0 Å². The molecule has 0 saturated carbocycles. The molecule has 0 atom stereocenters. The van der Waals surface area contributed by atoms with Crippen LogP contribution in [0.1, 0.15) is 12.8 Å². The van der Waals surface area contributed by atoms with Crippen LogP contribution in [0.2, 0.25) is 6.04 Å². The summed E-state index contributed by atoms with van der Waals surface area (Å²) >= 11 is 0. The molecule has 0 radical (unpaired) electrons. The molecule has 0 aliphatic carbocycles. The molecule has 7 nitrogen and oxygen atoms in total. The lowest BCUT2D eigenvalue weighted by atomic mass is 10.4. The van der Waals surface area contributed by atoms with Crippen molar-refractivity contribution < 1.29 is 22.8 Å². The molecule has 0 spiro atoms. The van der Waals surface area contributed by atoms with Crippen LogP contribution in [0.5, 0.6) is 0 Å². The number of hydrogen-bond acceptors (Lipinski definition) is 7. The van der Waals surface area contributed by atoms with Crippen LogP contribution in [0.25, 0.3) is 0 Å². The van der Waals surface area contributed by atoms with Gasteiger partial charge in [0, 0.05) is 47.0 Å². The second-order valence-corrected chi connectivity index (χ2v) is 8.19. The number of ether oxygens (including phenoxy) is 1. The summed E-state index contributed by atoms with van der Waals surface area (Å²) in [5, 5.41) is 0. The largest absolute Gasteiger partial charge is 0.500 e. The Morgan fingerprint density at radius 2 is 1.57 bits per heavy atom. The van der Waals surface area contributed by atoms with E-state index in [0.717, 1.165) is 45.3 Å². The van der Waals surface area contributed by atoms with Crippen LogP contribution >= 0.6 is 0 Å². The molecule has 0 N–H and O–H groups in total. The van der Waals surface area contributed by atoms with Crippen molar-refractivity contribution in [2.45, 2.75) is 18.9 Å². The Morgan fingerprint density at radius 3 is 2.10 bits per heavy atom.